The SMILES string of the molecule is CC(=O)Nc1ccc(-c2cnn3ccc(C(=O)N(C)c4ccc(C#N)c(C)c4)cc23)cn1. The third kappa shape index (κ3) is 3.91. The predicted octanol–water partition coefficient (Wildman–Crippen LogP) is 3.81. The summed E-state index contributed by atoms with van der Waals surface area (Å²) in [7, 11) is 1.70. The minimum absolute atomic E-state index is 0.178. The Balaban J connectivity index is 1.66. The van der Waals surface area contributed by atoms with Crippen LogP contribution in [0.15, 0.2) is 61.1 Å². The summed E-state index contributed by atoms with van der Waals surface area (Å²) in [5.74, 6) is 0.0989. The molecular weight excluding hydrogens is 404 g/mol. The van der Waals surface area contributed by atoms with Gasteiger partial charge >= 0.3 is 0 Å². The lowest BCUT2D eigenvalue weighted by Crippen LogP contribution is -2.26. The van der Waals surface area contributed by atoms with Gasteiger partial charge in [-0.1, -0.05) is 0 Å². The van der Waals surface area contributed by atoms with E-state index in [4.69, 9.17) is 5.26 Å². The third-order valence-electron chi connectivity index (χ3n) is 5.17. The summed E-state index contributed by atoms with van der Waals surface area (Å²) in [6.07, 6.45) is 5.11. The van der Waals surface area contributed by atoms with Crippen molar-refractivity contribution in [1.29, 1.82) is 5.26 Å². The van der Waals surface area contributed by atoms with E-state index in [1.165, 1.54) is 6.92 Å². The van der Waals surface area contributed by atoms with Crippen LogP contribution < -0.4 is 10.2 Å². The van der Waals surface area contributed by atoms with E-state index >= 15 is 0 Å². The molecule has 0 atom stereocenters. The second kappa shape index (κ2) is 8.32. The van der Waals surface area contributed by atoms with Gasteiger partial charge < -0.3 is 10.2 Å². The molecule has 0 fully saturated rings. The highest BCUT2D eigenvalue weighted by Crippen LogP contribution is 2.26. The minimum atomic E-state index is -0.189. The lowest BCUT2D eigenvalue weighted by atomic mass is 10.1. The smallest absolute Gasteiger partial charge is 0.258 e. The third-order valence-corrected chi connectivity index (χ3v) is 5.17. The highest BCUT2D eigenvalue weighted by atomic mass is 16.2. The molecule has 0 radical (unpaired) electrons. The maximum atomic E-state index is 13.2. The maximum Gasteiger partial charge on any atom is 0.258 e. The number of amides is 2. The molecule has 0 aliphatic carbocycles. The van der Waals surface area contributed by atoms with Crippen LogP contribution in [-0.4, -0.2) is 33.5 Å². The summed E-state index contributed by atoms with van der Waals surface area (Å²) in [5.41, 5.74) is 5.00. The number of nitrogens with one attached hydrogen (secondary N) is 1. The molecule has 0 aliphatic rings. The minimum Gasteiger partial charge on any atom is -0.311 e. The number of hydrogen-bond acceptors (Lipinski definition) is 5. The molecule has 0 saturated heterocycles. The second-order valence-corrected chi connectivity index (χ2v) is 7.39. The number of carbonyl (C=O) groups excluding carboxylic acids is 2. The first-order chi connectivity index (χ1) is 15.4. The largest absolute Gasteiger partial charge is 0.311 e. The monoisotopic (exact) mass is 424 g/mol. The van der Waals surface area contributed by atoms with Gasteiger partial charge in [0.1, 0.15) is 5.82 Å². The van der Waals surface area contributed by atoms with Crippen LogP contribution in [0, 0.1) is 18.3 Å². The highest BCUT2D eigenvalue weighted by molar-refractivity contribution is 6.06. The van der Waals surface area contributed by atoms with Crippen LogP contribution in [0.25, 0.3) is 16.6 Å². The van der Waals surface area contributed by atoms with E-state index in [2.05, 4.69) is 21.5 Å². The Labute approximate surface area is 184 Å². The van der Waals surface area contributed by atoms with E-state index in [0.29, 0.717) is 22.6 Å². The topological polar surface area (TPSA) is 103 Å². The van der Waals surface area contributed by atoms with E-state index in [-0.39, 0.29) is 11.8 Å². The number of aromatic nitrogens is 3. The normalized spacial score (nSPS) is 10.6. The number of aryl methyl sites for hydroxylation is 1. The summed E-state index contributed by atoms with van der Waals surface area (Å²) in [6, 6.07) is 14.5. The van der Waals surface area contributed by atoms with Gasteiger partial charge in [-0.15, -0.1) is 0 Å². The number of hydrogen-bond donors (Lipinski definition) is 1. The number of nitriles is 1. The molecule has 0 saturated carbocycles. The zero-order valence-corrected chi connectivity index (χ0v) is 17.8. The van der Waals surface area contributed by atoms with Crippen LogP contribution in [0.5, 0.6) is 0 Å². The van der Waals surface area contributed by atoms with Gasteiger partial charge in [0.15, 0.2) is 0 Å². The molecule has 32 heavy (non-hydrogen) atoms. The standard InChI is InChI=1S/C24H20N6O2/c1-15-10-20(6-4-18(15)12-25)29(3)24(32)17-8-9-30-22(11-17)21(14-27-30)19-5-7-23(26-13-19)28-16(2)31/h4-11,13-14H,1-3H3,(H,26,28,31). The van der Waals surface area contributed by atoms with Gasteiger partial charge in [0.05, 0.1) is 23.3 Å². The summed E-state index contributed by atoms with van der Waals surface area (Å²) in [5, 5.41) is 16.1. The second-order valence-electron chi connectivity index (χ2n) is 7.39. The summed E-state index contributed by atoms with van der Waals surface area (Å²) < 4.78 is 1.69. The van der Waals surface area contributed by atoms with Gasteiger partial charge in [-0.2, -0.15) is 10.4 Å². The summed E-state index contributed by atoms with van der Waals surface area (Å²) >= 11 is 0. The van der Waals surface area contributed by atoms with E-state index in [1.807, 2.05) is 19.1 Å². The number of fused-ring (bicyclic) bond motifs is 1. The van der Waals surface area contributed by atoms with Crippen molar-refractivity contribution in [2.45, 2.75) is 13.8 Å². The molecule has 0 unspecified atom stereocenters. The van der Waals surface area contributed by atoms with Crippen molar-refractivity contribution >= 4 is 28.8 Å². The first kappa shape index (κ1) is 20.8. The molecule has 3 aromatic heterocycles. The zero-order valence-electron chi connectivity index (χ0n) is 17.8. The molecule has 0 spiro atoms. The van der Waals surface area contributed by atoms with Crippen LogP contribution in [0.3, 0.4) is 0 Å². The molecule has 8 nitrogen and oxygen atoms in total. The van der Waals surface area contributed by atoms with Crippen molar-refractivity contribution in [2.24, 2.45) is 0 Å². The van der Waals surface area contributed by atoms with Gasteiger partial charge in [-0.05, 0) is 55.0 Å². The van der Waals surface area contributed by atoms with E-state index < -0.39 is 0 Å². The number of carbonyl (C=O) groups is 2. The predicted molar refractivity (Wildman–Crippen MR) is 121 cm³/mol. The van der Waals surface area contributed by atoms with Gasteiger partial charge in [-0.25, -0.2) is 9.50 Å². The average molecular weight is 424 g/mol. The molecule has 8 heteroatoms. The van der Waals surface area contributed by atoms with Gasteiger partial charge in [0.25, 0.3) is 5.91 Å². The highest BCUT2D eigenvalue weighted by Gasteiger charge is 2.17. The molecule has 4 aromatic rings. The quantitative estimate of drug-likeness (QED) is 0.537. The molecule has 4 rings (SSSR count). The Kier molecular flexibility index (Phi) is 5.39. The molecule has 3 heterocycles. The van der Waals surface area contributed by atoms with Crippen LogP contribution in [0.4, 0.5) is 11.5 Å². The van der Waals surface area contributed by atoms with Crippen molar-refractivity contribution in [3.8, 4) is 17.2 Å². The fourth-order valence-electron chi connectivity index (χ4n) is 3.44. The molecule has 158 valence electrons. The Bertz CT molecular complexity index is 1380. The Morgan fingerprint density at radius 1 is 1.12 bits per heavy atom. The zero-order chi connectivity index (χ0) is 22.8. The Hall–Kier alpha value is -4.51. The molecule has 2 amide bonds. The summed E-state index contributed by atoms with van der Waals surface area (Å²) in [6.45, 7) is 3.27. The van der Waals surface area contributed by atoms with Crippen molar-refractivity contribution in [3.63, 3.8) is 0 Å². The number of rotatable bonds is 4. The number of anilines is 2. The number of pyridine rings is 2. The Morgan fingerprint density at radius 2 is 1.94 bits per heavy atom. The maximum absolute atomic E-state index is 13.2. The first-order valence-electron chi connectivity index (χ1n) is 9.87. The fraction of sp³-hybridized carbons (Fsp3) is 0.125. The fourth-order valence-corrected chi connectivity index (χ4v) is 3.44. The van der Waals surface area contributed by atoms with E-state index in [1.54, 1.807) is 65.4 Å². The van der Waals surface area contributed by atoms with Crippen LogP contribution in [-0.2, 0) is 4.79 Å². The van der Waals surface area contributed by atoms with E-state index in [0.717, 1.165) is 22.2 Å². The lowest BCUT2D eigenvalue weighted by Gasteiger charge is -2.18. The lowest BCUT2D eigenvalue weighted by molar-refractivity contribution is -0.114. The average Bonchev–Trinajstić information content (AvgIpc) is 3.21. The van der Waals surface area contributed by atoms with E-state index in [9.17, 15) is 9.59 Å². The van der Waals surface area contributed by atoms with Crippen LogP contribution in [0.1, 0.15) is 28.4 Å². The number of nitrogens with zero attached hydrogens (tertiary/aromatic N) is 5. The molecular formula is C24H20N6O2. The molecule has 1 aromatic carbocycles. The van der Waals surface area contributed by atoms with Crippen molar-refractivity contribution < 1.29 is 9.59 Å². The van der Waals surface area contributed by atoms with Gasteiger partial charge in [0.2, 0.25) is 5.91 Å². The Morgan fingerprint density at radius 3 is 2.59 bits per heavy atom. The molecule has 0 aliphatic heterocycles. The molecule has 1 N–H and O–H groups in total. The van der Waals surface area contributed by atoms with Gasteiger partial charge in [-0.3, -0.25) is 9.59 Å². The number of benzene rings is 1. The van der Waals surface area contributed by atoms with Crippen molar-refractivity contribution in [3.05, 3.63) is 77.7 Å². The van der Waals surface area contributed by atoms with Crippen LogP contribution in [0.2, 0.25) is 0 Å². The first-order valence-corrected chi connectivity index (χ1v) is 9.87. The van der Waals surface area contributed by atoms with Crippen molar-refractivity contribution in [1.82, 2.24) is 14.6 Å². The van der Waals surface area contributed by atoms with Crippen molar-refractivity contribution in [2.75, 3.05) is 17.3 Å². The molecule has 0 bridgehead atoms. The summed E-state index contributed by atoms with van der Waals surface area (Å²) in [4.78, 5) is 30.2. The van der Waals surface area contributed by atoms with Gasteiger partial charge in [0, 0.05) is 48.7 Å². The van der Waals surface area contributed by atoms with Crippen LogP contribution >= 0.6 is 0 Å².